The summed E-state index contributed by atoms with van der Waals surface area (Å²) < 4.78 is 16.1. The Balaban J connectivity index is 4.76. The smallest absolute Gasteiger partial charge is 0.481 e. The molecule has 3 atom stereocenters. The molecular formula is C22H43NO6Si. The van der Waals surface area contributed by atoms with E-state index >= 15 is 0 Å². The van der Waals surface area contributed by atoms with Gasteiger partial charge in [-0.25, -0.2) is 0 Å². The van der Waals surface area contributed by atoms with Gasteiger partial charge in [0.15, 0.2) is 0 Å². The number of carbonyl (C=O) groups excluding carboxylic acids is 1. The van der Waals surface area contributed by atoms with Gasteiger partial charge >= 0.3 is 14.8 Å². The van der Waals surface area contributed by atoms with E-state index in [4.69, 9.17) is 13.3 Å². The Morgan fingerprint density at radius 3 is 2.20 bits per heavy atom. The van der Waals surface area contributed by atoms with Gasteiger partial charge in [-0.05, 0) is 38.0 Å². The van der Waals surface area contributed by atoms with Crippen molar-refractivity contribution >= 4 is 20.7 Å². The summed E-state index contributed by atoms with van der Waals surface area (Å²) >= 11 is 0. The van der Waals surface area contributed by atoms with Crippen molar-refractivity contribution in [3.05, 3.63) is 11.6 Å². The normalized spacial score (nSPS) is 15.5. The number of carboxylic acid groups (broad SMARTS) is 1. The van der Waals surface area contributed by atoms with Crippen LogP contribution in [0, 0.1) is 17.8 Å². The van der Waals surface area contributed by atoms with Crippen LogP contribution in [0.4, 0.5) is 0 Å². The monoisotopic (exact) mass is 445 g/mol. The molecule has 8 heteroatoms. The summed E-state index contributed by atoms with van der Waals surface area (Å²) in [4.78, 5) is 23.9. The van der Waals surface area contributed by atoms with Gasteiger partial charge in [0.25, 0.3) is 0 Å². The van der Waals surface area contributed by atoms with Gasteiger partial charge in [0.2, 0.25) is 5.91 Å². The molecule has 0 aliphatic carbocycles. The van der Waals surface area contributed by atoms with Crippen molar-refractivity contribution in [2.45, 2.75) is 72.3 Å². The highest BCUT2D eigenvalue weighted by molar-refractivity contribution is 6.60. The summed E-state index contributed by atoms with van der Waals surface area (Å²) in [7, 11) is 2.00. The number of aliphatic carboxylic acids is 1. The van der Waals surface area contributed by atoms with Crippen LogP contribution in [0.15, 0.2) is 11.6 Å². The van der Waals surface area contributed by atoms with Crippen molar-refractivity contribution in [2.24, 2.45) is 17.8 Å². The van der Waals surface area contributed by atoms with E-state index in [-0.39, 0.29) is 12.3 Å². The van der Waals surface area contributed by atoms with Crippen LogP contribution in [0.1, 0.15) is 66.2 Å². The standard InChI is InChI=1S/C22H43NO6Si/c1-8-10-17(2)13-18(3)14-19(4)15-20(16-21(24)25)22(26)23-11-9-12-30(27-5,28-6)29-7/h14,17-18,20H,8-13,15-16H2,1-7H3,(H,23,26)(H,24,25)/b19-14+. The van der Waals surface area contributed by atoms with E-state index in [1.165, 1.54) is 12.8 Å². The molecule has 0 aliphatic heterocycles. The average Bonchev–Trinajstić information content (AvgIpc) is 2.67. The molecule has 0 fully saturated rings. The maximum atomic E-state index is 12.6. The van der Waals surface area contributed by atoms with E-state index in [0.717, 1.165) is 12.0 Å². The van der Waals surface area contributed by atoms with Gasteiger partial charge in [0.1, 0.15) is 0 Å². The van der Waals surface area contributed by atoms with Gasteiger partial charge in [-0.1, -0.05) is 45.3 Å². The van der Waals surface area contributed by atoms with Crippen molar-refractivity contribution in [3.63, 3.8) is 0 Å². The first-order chi connectivity index (χ1) is 14.1. The zero-order chi connectivity index (χ0) is 23.2. The maximum Gasteiger partial charge on any atom is 0.500 e. The summed E-state index contributed by atoms with van der Waals surface area (Å²) in [6, 6.07) is 0.576. The minimum atomic E-state index is -2.66. The molecule has 0 aromatic carbocycles. The Morgan fingerprint density at radius 2 is 1.70 bits per heavy atom. The lowest BCUT2D eigenvalue weighted by molar-refractivity contribution is -0.141. The first-order valence-corrected chi connectivity index (χ1v) is 12.9. The molecule has 2 N–H and O–H groups in total. The number of hydrogen-bond acceptors (Lipinski definition) is 5. The fraction of sp³-hybridized carbons (Fsp3) is 0.818. The molecule has 0 saturated heterocycles. The molecule has 0 bridgehead atoms. The fourth-order valence-electron chi connectivity index (χ4n) is 3.94. The number of allylic oxidation sites excluding steroid dienone is 2. The van der Waals surface area contributed by atoms with Crippen molar-refractivity contribution in [3.8, 4) is 0 Å². The first kappa shape index (κ1) is 28.8. The van der Waals surface area contributed by atoms with Gasteiger partial charge in [0, 0.05) is 33.9 Å². The van der Waals surface area contributed by atoms with Gasteiger partial charge in [0.05, 0.1) is 12.3 Å². The molecule has 0 aliphatic rings. The Kier molecular flexibility index (Phi) is 14.9. The molecule has 176 valence electrons. The summed E-state index contributed by atoms with van der Waals surface area (Å²) in [5, 5.41) is 12.1. The third-order valence-electron chi connectivity index (χ3n) is 5.38. The fourth-order valence-corrected chi connectivity index (χ4v) is 5.66. The highest BCUT2D eigenvalue weighted by Gasteiger charge is 2.37. The molecule has 0 spiro atoms. The second-order valence-corrected chi connectivity index (χ2v) is 11.4. The van der Waals surface area contributed by atoms with E-state index < -0.39 is 20.7 Å². The third kappa shape index (κ3) is 11.8. The predicted octanol–water partition coefficient (Wildman–Crippen LogP) is 4.26. The molecule has 1 amide bonds. The Morgan fingerprint density at radius 1 is 1.10 bits per heavy atom. The van der Waals surface area contributed by atoms with E-state index in [2.05, 4.69) is 32.2 Å². The molecule has 0 saturated carbocycles. The van der Waals surface area contributed by atoms with E-state index in [9.17, 15) is 14.7 Å². The lowest BCUT2D eigenvalue weighted by Crippen LogP contribution is -2.43. The largest absolute Gasteiger partial charge is 0.500 e. The summed E-state index contributed by atoms with van der Waals surface area (Å²) in [6.45, 7) is 9.04. The Labute approximate surface area is 183 Å². The van der Waals surface area contributed by atoms with Crippen LogP contribution in [0.25, 0.3) is 0 Å². The summed E-state index contributed by atoms with van der Waals surface area (Å²) in [5.41, 5.74) is 1.07. The van der Waals surface area contributed by atoms with Crippen LogP contribution < -0.4 is 5.32 Å². The number of carboxylic acids is 1. The minimum Gasteiger partial charge on any atom is -0.481 e. The predicted molar refractivity (Wildman–Crippen MR) is 121 cm³/mol. The molecule has 3 unspecified atom stereocenters. The van der Waals surface area contributed by atoms with Crippen molar-refractivity contribution in [1.29, 1.82) is 0 Å². The van der Waals surface area contributed by atoms with Crippen LogP contribution in [0.3, 0.4) is 0 Å². The van der Waals surface area contributed by atoms with Crippen LogP contribution in [-0.4, -0.2) is 53.7 Å². The zero-order valence-corrected chi connectivity index (χ0v) is 21.0. The zero-order valence-electron chi connectivity index (χ0n) is 20.0. The molecule has 7 nitrogen and oxygen atoms in total. The number of nitrogens with one attached hydrogen (secondary N) is 1. The van der Waals surface area contributed by atoms with E-state index in [0.29, 0.717) is 37.3 Å². The SMILES string of the molecule is CCCC(C)CC(C)/C=C(\C)CC(CC(=O)O)C(=O)NCCC[Si](OC)(OC)OC. The number of rotatable bonds is 17. The lowest BCUT2D eigenvalue weighted by atomic mass is 9.90. The number of amides is 1. The van der Waals surface area contributed by atoms with Gasteiger partial charge < -0.3 is 23.7 Å². The van der Waals surface area contributed by atoms with Crippen molar-refractivity contribution in [1.82, 2.24) is 5.32 Å². The average molecular weight is 446 g/mol. The molecule has 0 rings (SSSR count). The summed E-state index contributed by atoms with van der Waals surface area (Å²) in [6.07, 6.45) is 6.59. The van der Waals surface area contributed by atoms with E-state index in [1.807, 2.05) is 6.92 Å². The first-order valence-electron chi connectivity index (χ1n) is 10.9. The molecular weight excluding hydrogens is 402 g/mol. The van der Waals surface area contributed by atoms with Gasteiger partial charge in [-0.2, -0.15) is 0 Å². The second kappa shape index (κ2) is 15.6. The molecule has 30 heavy (non-hydrogen) atoms. The van der Waals surface area contributed by atoms with Crippen molar-refractivity contribution in [2.75, 3.05) is 27.9 Å². The lowest BCUT2D eigenvalue weighted by Gasteiger charge is -2.24. The van der Waals surface area contributed by atoms with Crippen LogP contribution >= 0.6 is 0 Å². The molecule has 0 aromatic heterocycles. The minimum absolute atomic E-state index is 0.176. The Bertz CT molecular complexity index is 527. The second-order valence-electron chi connectivity index (χ2n) is 8.31. The van der Waals surface area contributed by atoms with E-state index in [1.54, 1.807) is 21.3 Å². The van der Waals surface area contributed by atoms with Crippen LogP contribution in [0.2, 0.25) is 6.04 Å². The van der Waals surface area contributed by atoms with Gasteiger partial charge in [-0.15, -0.1) is 0 Å². The highest BCUT2D eigenvalue weighted by atomic mass is 28.4. The number of hydrogen-bond donors (Lipinski definition) is 2. The topological polar surface area (TPSA) is 94.1 Å². The molecule has 0 aromatic rings. The highest BCUT2D eigenvalue weighted by Crippen LogP contribution is 2.22. The molecule has 0 radical (unpaired) electrons. The maximum absolute atomic E-state index is 12.6. The summed E-state index contributed by atoms with van der Waals surface area (Å²) in [5.74, 6) is -0.688. The van der Waals surface area contributed by atoms with Gasteiger partial charge in [-0.3, -0.25) is 9.59 Å². The quantitative estimate of drug-likeness (QED) is 0.197. The molecule has 0 heterocycles. The Hall–Kier alpha value is -1.22. The van der Waals surface area contributed by atoms with Crippen molar-refractivity contribution < 1.29 is 28.0 Å². The van der Waals surface area contributed by atoms with Crippen LogP contribution in [-0.2, 0) is 22.9 Å². The number of carbonyl (C=O) groups is 2. The van der Waals surface area contributed by atoms with Crippen LogP contribution in [0.5, 0.6) is 0 Å². The third-order valence-corrected chi connectivity index (χ3v) is 8.21.